The summed E-state index contributed by atoms with van der Waals surface area (Å²) in [6, 6.07) is 9.27. The number of fused-ring (bicyclic) bond motifs is 1. The molecule has 27 heavy (non-hydrogen) atoms. The van der Waals surface area contributed by atoms with Gasteiger partial charge in [0.2, 0.25) is 5.88 Å². The van der Waals surface area contributed by atoms with Gasteiger partial charge in [0.05, 0.1) is 17.7 Å². The Bertz CT molecular complexity index is 950. The summed E-state index contributed by atoms with van der Waals surface area (Å²) in [7, 11) is 0. The summed E-state index contributed by atoms with van der Waals surface area (Å²) in [5.41, 5.74) is 0.680. The number of pyridine rings is 2. The van der Waals surface area contributed by atoms with Crippen LogP contribution in [0.4, 0.5) is 13.2 Å². The van der Waals surface area contributed by atoms with Crippen molar-refractivity contribution in [2.75, 3.05) is 13.1 Å². The summed E-state index contributed by atoms with van der Waals surface area (Å²) in [4.78, 5) is 18.2. The first kappa shape index (κ1) is 17.4. The number of nitrogens with zero attached hydrogens (tertiary/aromatic N) is 3. The van der Waals surface area contributed by atoms with E-state index in [2.05, 4.69) is 4.98 Å². The van der Waals surface area contributed by atoms with E-state index in [9.17, 15) is 18.0 Å². The van der Waals surface area contributed by atoms with Crippen molar-refractivity contribution in [2.24, 2.45) is 0 Å². The van der Waals surface area contributed by atoms with E-state index in [4.69, 9.17) is 4.74 Å². The average Bonchev–Trinajstić information content (AvgIpc) is 3.27. The van der Waals surface area contributed by atoms with E-state index in [0.717, 1.165) is 23.8 Å². The van der Waals surface area contributed by atoms with Crippen molar-refractivity contribution in [3.05, 3.63) is 66.1 Å². The Balaban J connectivity index is 1.43. The molecule has 0 radical (unpaired) electrons. The highest BCUT2D eigenvalue weighted by Gasteiger charge is 2.32. The van der Waals surface area contributed by atoms with E-state index >= 15 is 0 Å². The van der Waals surface area contributed by atoms with Crippen molar-refractivity contribution in [2.45, 2.75) is 18.7 Å². The molecule has 0 bridgehead atoms. The number of halogens is 3. The number of amides is 1. The monoisotopic (exact) mass is 375 g/mol. The quantitative estimate of drug-likeness (QED) is 0.702. The number of likely N-dealkylation sites (tertiary alicyclic amines) is 1. The first-order valence-electron chi connectivity index (χ1n) is 8.46. The maximum Gasteiger partial charge on any atom is 0.416 e. The van der Waals surface area contributed by atoms with Crippen LogP contribution in [0.15, 0.2) is 55.0 Å². The van der Waals surface area contributed by atoms with Gasteiger partial charge >= 0.3 is 6.18 Å². The number of alkyl halides is 3. The number of hydrogen-bond acceptors (Lipinski definition) is 3. The van der Waals surface area contributed by atoms with Gasteiger partial charge in [0.1, 0.15) is 6.10 Å². The molecule has 0 aliphatic carbocycles. The molecule has 1 saturated heterocycles. The molecule has 0 spiro atoms. The van der Waals surface area contributed by atoms with Crippen LogP contribution in [0.3, 0.4) is 0 Å². The zero-order valence-corrected chi connectivity index (χ0v) is 14.2. The zero-order chi connectivity index (χ0) is 19.0. The lowest BCUT2D eigenvalue weighted by Gasteiger charge is -2.16. The van der Waals surface area contributed by atoms with E-state index in [0.29, 0.717) is 25.1 Å². The second kappa shape index (κ2) is 6.61. The van der Waals surface area contributed by atoms with Crippen LogP contribution < -0.4 is 4.74 Å². The van der Waals surface area contributed by atoms with Crippen LogP contribution in [0.2, 0.25) is 0 Å². The summed E-state index contributed by atoms with van der Waals surface area (Å²) in [5.74, 6) is -0.208. The minimum atomic E-state index is -4.45. The highest BCUT2D eigenvalue weighted by molar-refractivity contribution is 5.95. The number of ether oxygens (including phenoxy) is 1. The number of aromatic nitrogens is 2. The lowest BCUT2D eigenvalue weighted by atomic mass is 10.2. The Hall–Kier alpha value is -3.03. The highest BCUT2D eigenvalue weighted by atomic mass is 19.4. The summed E-state index contributed by atoms with van der Waals surface area (Å²) < 4.78 is 45.8. The molecule has 0 saturated carbocycles. The highest BCUT2D eigenvalue weighted by Crippen LogP contribution is 2.31. The molecule has 4 rings (SSSR count). The van der Waals surface area contributed by atoms with Crippen LogP contribution in [0, 0.1) is 0 Å². The Morgan fingerprint density at radius 3 is 2.85 bits per heavy atom. The molecule has 0 aromatic carbocycles. The lowest BCUT2D eigenvalue weighted by molar-refractivity contribution is -0.137. The van der Waals surface area contributed by atoms with Gasteiger partial charge in [-0.1, -0.05) is 6.07 Å². The maximum absolute atomic E-state index is 12.8. The van der Waals surface area contributed by atoms with Gasteiger partial charge in [0.25, 0.3) is 5.91 Å². The molecule has 1 atom stereocenters. The lowest BCUT2D eigenvalue weighted by Crippen LogP contribution is -2.30. The van der Waals surface area contributed by atoms with Crippen LogP contribution in [0.1, 0.15) is 22.3 Å². The van der Waals surface area contributed by atoms with Crippen LogP contribution in [-0.2, 0) is 6.18 Å². The summed E-state index contributed by atoms with van der Waals surface area (Å²) in [6.45, 7) is 0.789. The van der Waals surface area contributed by atoms with Crippen LogP contribution in [0.25, 0.3) is 5.52 Å². The number of hydrogen-bond donors (Lipinski definition) is 0. The second-order valence-electron chi connectivity index (χ2n) is 6.42. The molecule has 3 aromatic rings. The van der Waals surface area contributed by atoms with Crippen LogP contribution >= 0.6 is 0 Å². The van der Waals surface area contributed by atoms with E-state index in [1.165, 1.54) is 0 Å². The van der Waals surface area contributed by atoms with E-state index in [-0.39, 0.29) is 17.9 Å². The molecule has 4 heterocycles. The smallest absolute Gasteiger partial charge is 0.416 e. The average molecular weight is 375 g/mol. The topological polar surface area (TPSA) is 46.8 Å². The molecule has 140 valence electrons. The standard InChI is InChI=1S/C19H16F3N3O2/c20-19(21,22)14-4-6-23-17(10-14)27-16-5-8-25(12-16)18(26)13-9-15-3-1-2-7-24(15)11-13/h1-4,6-7,9-11,16H,5,8,12H2. The van der Waals surface area contributed by atoms with Crippen LogP contribution in [-0.4, -0.2) is 39.4 Å². The van der Waals surface area contributed by atoms with Gasteiger partial charge in [-0.2, -0.15) is 13.2 Å². The molecule has 1 fully saturated rings. The fourth-order valence-corrected chi connectivity index (χ4v) is 3.18. The number of carbonyl (C=O) groups excluding carboxylic acids is 1. The predicted octanol–water partition coefficient (Wildman–Crippen LogP) is 3.65. The van der Waals surface area contributed by atoms with E-state index < -0.39 is 11.7 Å². The van der Waals surface area contributed by atoms with Gasteiger partial charge in [-0.3, -0.25) is 4.79 Å². The first-order chi connectivity index (χ1) is 12.9. The van der Waals surface area contributed by atoms with Crippen molar-refractivity contribution < 1.29 is 22.7 Å². The Kier molecular flexibility index (Phi) is 4.25. The third-order valence-corrected chi connectivity index (χ3v) is 4.53. The van der Waals surface area contributed by atoms with Gasteiger partial charge in [-0.15, -0.1) is 0 Å². The summed E-state index contributed by atoms with van der Waals surface area (Å²) in [6.07, 6.45) is 0.402. The summed E-state index contributed by atoms with van der Waals surface area (Å²) in [5, 5.41) is 0. The van der Waals surface area contributed by atoms with Crippen molar-refractivity contribution in [3.63, 3.8) is 0 Å². The Morgan fingerprint density at radius 1 is 1.22 bits per heavy atom. The van der Waals surface area contributed by atoms with Gasteiger partial charge in [-0.25, -0.2) is 4.98 Å². The van der Waals surface area contributed by atoms with Crippen molar-refractivity contribution in [1.29, 1.82) is 0 Å². The third-order valence-electron chi connectivity index (χ3n) is 4.53. The zero-order valence-electron chi connectivity index (χ0n) is 14.2. The summed E-state index contributed by atoms with van der Waals surface area (Å²) >= 11 is 0. The number of carbonyl (C=O) groups is 1. The molecule has 1 unspecified atom stereocenters. The molecule has 1 amide bonds. The molecule has 8 heteroatoms. The third kappa shape index (κ3) is 3.60. The van der Waals surface area contributed by atoms with Crippen LogP contribution in [0.5, 0.6) is 5.88 Å². The molecule has 1 aliphatic rings. The van der Waals surface area contributed by atoms with E-state index in [1.54, 1.807) is 11.1 Å². The maximum atomic E-state index is 12.8. The van der Waals surface area contributed by atoms with Gasteiger partial charge in [0, 0.05) is 43.1 Å². The Labute approximate surface area is 153 Å². The number of rotatable bonds is 3. The van der Waals surface area contributed by atoms with Crippen molar-refractivity contribution in [1.82, 2.24) is 14.3 Å². The Morgan fingerprint density at radius 2 is 2.07 bits per heavy atom. The first-order valence-corrected chi connectivity index (χ1v) is 8.46. The predicted molar refractivity (Wildman–Crippen MR) is 91.6 cm³/mol. The molecule has 5 nitrogen and oxygen atoms in total. The van der Waals surface area contributed by atoms with Gasteiger partial charge in [-0.05, 0) is 24.3 Å². The molecular weight excluding hydrogens is 359 g/mol. The SMILES string of the molecule is O=C(c1cc2ccccn2c1)N1CCC(Oc2cc(C(F)(F)F)ccn2)C1. The van der Waals surface area contributed by atoms with Gasteiger partial charge in [0.15, 0.2) is 0 Å². The molecule has 1 aliphatic heterocycles. The molecular formula is C19H16F3N3O2. The minimum absolute atomic E-state index is 0.0845. The van der Waals surface area contributed by atoms with Crippen molar-refractivity contribution in [3.8, 4) is 5.88 Å². The van der Waals surface area contributed by atoms with Crippen molar-refractivity contribution >= 4 is 11.4 Å². The fraction of sp³-hybridized carbons (Fsp3) is 0.263. The minimum Gasteiger partial charge on any atom is -0.472 e. The molecule has 0 N–H and O–H groups in total. The normalized spacial score (nSPS) is 17.4. The van der Waals surface area contributed by atoms with Gasteiger partial charge < -0.3 is 14.0 Å². The second-order valence-corrected chi connectivity index (χ2v) is 6.42. The van der Waals surface area contributed by atoms with E-state index in [1.807, 2.05) is 34.9 Å². The largest absolute Gasteiger partial charge is 0.472 e. The molecule has 3 aromatic heterocycles. The fourth-order valence-electron chi connectivity index (χ4n) is 3.18.